The summed E-state index contributed by atoms with van der Waals surface area (Å²) in [4.78, 5) is 32.5. The number of likely N-dealkylation sites (tertiary alicyclic amines) is 1. The summed E-state index contributed by atoms with van der Waals surface area (Å²) < 4.78 is 5.40. The Bertz CT molecular complexity index is 1310. The van der Waals surface area contributed by atoms with Crippen molar-refractivity contribution in [3.8, 4) is 0 Å². The number of piperidine rings is 1. The van der Waals surface area contributed by atoms with Crippen LogP contribution in [0.25, 0.3) is 10.8 Å². The summed E-state index contributed by atoms with van der Waals surface area (Å²) in [7, 11) is 0. The fourth-order valence-electron chi connectivity index (χ4n) is 6.15. The van der Waals surface area contributed by atoms with Gasteiger partial charge in [0.15, 0.2) is 0 Å². The Balaban J connectivity index is 1.14. The highest BCUT2D eigenvalue weighted by molar-refractivity contribution is 6.06. The molecule has 218 valence electrons. The molecule has 2 heterocycles. The van der Waals surface area contributed by atoms with Crippen molar-refractivity contribution in [2.45, 2.75) is 45.6 Å². The van der Waals surface area contributed by atoms with Crippen LogP contribution in [0.5, 0.6) is 0 Å². The highest BCUT2D eigenvalue weighted by atomic mass is 16.5. The lowest BCUT2D eigenvalue weighted by atomic mass is 9.95. The first-order valence-corrected chi connectivity index (χ1v) is 15.2. The number of ether oxygens (including phenoxy) is 1. The lowest BCUT2D eigenvalue weighted by molar-refractivity contribution is 0.0386. The minimum atomic E-state index is -0.0907. The monoisotopic (exact) mass is 556 g/mol. The van der Waals surface area contributed by atoms with Crippen LogP contribution in [-0.2, 0) is 11.2 Å². The number of carbonyl (C=O) groups is 2. The van der Waals surface area contributed by atoms with Gasteiger partial charge in [0.25, 0.3) is 5.91 Å². The average Bonchev–Trinajstić information content (AvgIpc) is 3.01. The zero-order valence-corrected chi connectivity index (χ0v) is 24.6. The smallest absolute Gasteiger partial charge is 0.320 e. The van der Waals surface area contributed by atoms with Crippen molar-refractivity contribution >= 4 is 28.4 Å². The van der Waals surface area contributed by atoms with E-state index in [9.17, 15) is 9.59 Å². The van der Waals surface area contributed by atoms with Crippen LogP contribution in [0, 0.1) is 5.92 Å². The fourth-order valence-corrected chi connectivity index (χ4v) is 6.15. The lowest BCUT2D eigenvalue weighted by Gasteiger charge is -2.39. The number of rotatable bonds is 9. The van der Waals surface area contributed by atoms with Crippen LogP contribution in [0.4, 0.5) is 10.5 Å². The van der Waals surface area contributed by atoms with Gasteiger partial charge in [0, 0.05) is 50.0 Å². The molecular weight excluding hydrogens is 512 g/mol. The molecule has 1 atom stereocenters. The van der Waals surface area contributed by atoms with Crippen molar-refractivity contribution in [2.24, 2.45) is 5.92 Å². The van der Waals surface area contributed by atoms with Gasteiger partial charge in [0.2, 0.25) is 0 Å². The molecule has 0 spiro atoms. The standard InChI is InChI=1S/C34H44N4O3/c1-3-15-38(25-27-13-16-36(17-14-27)34(40)37-18-20-41-21-19-37)26(2)22-28-7-6-10-32(23-28)35-33(39)31-12-11-29-8-4-5-9-30(29)24-31/h4-12,23-24,26-27H,3,13-22,25H2,1-2H3,(H,35,39). The van der Waals surface area contributed by atoms with E-state index in [2.05, 4.69) is 42.3 Å². The average molecular weight is 557 g/mol. The molecule has 41 heavy (non-hydrogen) atoms. The number of nitrogens with zero attached hydrogens (tertiary/aromatic N) is 3. The summed E-state index contributed by atoms with van der Waals surface area (Å²) in [6, 6.07) is 22.7. The van der Waals surface area contributed by atoms with Gasteiger partial charge < -0.3 is 24.8 Å². The van der Waals surface area contributed by atoms with E-state index >= 15 is 0 Å². The fraction of sp³-hybridized carbons (Fsp3) is 0.471. The van der Waals surface area contributed by atoms with E-state index in [4.69, 9.17) is 4.74 Å². The van der Waals surface area contributed by atoms with E-state index in [1.165, 1.54) is 5.56 Å². The largest absolute Gasteiger partial charge is 0.378 e. The molecule has 0 saturated carbocycles. The van der Waals surface area contributed by atoms with Crippen LogP contribution in [0.1, 0.15) is 49.0 Å². The predicted molar refractivity (Wildman–Crippen MR) is 165 cm³/mol. The van der Waals surface area contributed by atoms with E-state index in [0.717, 1.165) is 68.3 Å². The maximum atomic E-state index is 13.0. The van der Waals surface area contributed by atoms with Crippen molar-refractivity contribution < 1.29 is 14.3 Å². The molecular formula is C34H44N4O3. The Labute approximate surface area is 244 Å². The molecule has 5 rings (SSSR count). The van der Waals surface area contributed by atoms with E-state index in [-0.39, 0.29) is 11.9 Å². The van der Waals surface area contributed by atoms with Crippen molar-refractivity contribution in [3.05, 3.63) is 77.9 Å². The van der Waals surface area contributed by atoms with Gasteiger partial charge >= 0.3 is 6.03 Å². The molecule has 3 aromatic carbocycles. The zero-order chi connectivity index (χ0) is 28.6. The van der Waals surface area contributed by atoms with Crippen molar-refractivity contribution in [1.29, 1.82) is 0 Å². The number of urea groups is 1. The van der Waals surface area contributed by atoms with E-state index in [1.54, 1.807) is 0 Å². The summed E-state index contributed by atoms with van der Waals surface area (Å²) >= 11 is 0. The number of carbonyl (C=O) groups excluding carboxylic acids is 2. The number of morpholine rings is 1. The van der Waals surface area contributed by atoms with Gasteiger partial charge in [-0.3, -0.25) is 4.79 Å². The van der Waals surface area contributed by atoms with E-state index < -0.39 is 0 Å². The summed E-state index contributed by atoms with van der Waals surface area (Å²) in [5.41, 5.74) is 2.71. The minimum absolute atomic E-state index is 0.0907. The number of anilines is 1. The number of hydrogen-bond donors (Lipinski definition) is 1. The van der Waals surface area contributed by atoms with Crippen molar-refractivity contribution in [1.82, 2.24) is 14.7 Å². The Hall–Kier alpha value is -3.42. The first-order valence-electron chi connectivity index (χ1n) is 15.2. The normalized spacial score (nSPS) is 17.1. The van der Waals surface area contributed by atoms with Gasteiger partial charge in [-0.25, -0.2) is 4.79 Å². The predicted octanol–water partition coefficient (Wildman–Crippen LogP) is 5.90. The summed E-state index contributed by atoms with van der Waals surface area (Å²) in [6.45, 7) is 11.1. The maximum absolute atomic E-state index is 13.0. The molecule has 7 nitrogen and oxygen atoms in total. The molecule has 0 aliphatic carbocycles. The summed E-state index contributed by atoms with van der Waals surface area (Å²) in [6.07, 6.45) is 4.15. The third kappa shape index (κ3) is 7.66. The molecule has 7 heteroatoms. The molecule has 1 N–H and O–H groups in total. The van der Waals surface area contributed by atoms with Crippen LogP contribution in [-0.4, -0.2) is 85.2 Å². The Morgan fingerprint density at radius 3 is 2.41 bits per heavy atom. The van der Waals surface area contributed by atoms with Crippen molar-refractivity contribution in [3.63, 3.8) is 0 Å². The molecule has 3 aromatic rings. The first-order chi connectivity index (χ1) is 20.0. The van der Waals surface area contributed by atoms with Crippen LogP contribution < -0.4 is 5.32 Å². The Morgan fingerprint density at radius 1 is 0.927 bits per heavy atom. The minimum Gasteiger partial charge on any atom is -0.378 e. The zero-order valence-electron chi connectivity index (χ0n) is 24.6. The molecule has 1 unspecified atom stereocenters. The van der Waals surface area contributed by atoms with Gasteiger partial charge in [-0.05, 0) is 85.7 Å². The third-order valence-corrected chi connectivity index (χ3v) is 8.52. The first kappa shape index (κ1) is 29.1. The Kier molecular flexibility index (Phi) is 9.91. The quantitative estimate of drug-likeness (QED) is 0.357. The second kappa shape index (κ2) is 14.0. The highest BCUT2D eigenvalue weighted by Gasteiger charge is 2.29. The number of amides is 3. The van der Waals surface area contributed by atoms with Gasteiger partial charge in [0.1, 0.15) is 0 Å². The molecule has 3 amide bonds. The number of benzene rings is 3. The summed E-state index contributed by atoms with van der Waals surface area (Å²) in [5.74, 6) is 0.511. The summed E-state index contributed by atoms with van der Waals surface area (Å²) in [5, 5.41) is 5.29. The molecule has 0 radical (unpaired) electrons. The molecule has 2 aliphatic rings. The highest BCUT2D eigenvalue weighted by Crippen LogP contribution is 2.23. The van der Waals surface area contributed by atoms with Gasteiger partial charge in [-0.2, -0.15) is 0 Å². The van der Waals surface area contributed by atoms with Crippen LogP contribution in [0.15, 0.2) is 66.7 Å². The second-order valence-electron chi connectivity index (χ2n) is 11.6. The molecule has 0 bridgehead atoms. The topological polar surface area (TPSA) is 65.1 Å². The van der Waals surface area contributed by atoms with E-state index in [0.29, 0.717) is 43.8 Å². The van der Waals surface area contributed by atoms with Crippen LogP contribution >= 0.6 is 0 Å². The van der Waals surface area contributed by atoms with Crippen molar-refractivity contribution in [2.75, 3.05) is 57.8 Å². The number of nitrogens with one attached hydrogen (secondary N) is 1. The number of hydrogen-bond acceptors (Lipinski definition) is 4. The Morgan fingerprint density at radius 2 is 1.66 bits per heavy atom. The van der Waals surface area contributed by atoms with Gasteiger partial charge in [-0.1, -0.05) is 49.4 Å². The SMILES string of the molecule is CCCN(CC1CCN(C(=O)N2CCOCC2)CC1)C(C)Cc1cccc(NC(=O)c2ccc3ccccc3c2)c1. The maximum Gasteiger partial charge on any atom is 0.320 e. The molecule has 2 aliphatic heterocycles. The van der Waals surface area contributed by atoms with E-state index in [1.807, 2.05) is 58.3 Å². The van der Waals surface area contributed by atoms with Gasteiger partial charge in [0.05, 0.1) is 13.2 Å². The molecule has 2 saturated heterocycles. The third-order valence-electron chi connectivity index (χ3n) is 8.52. The molecule has 0 aromatic heterocycles. The van der Waals surface area contributed by atoms with Crippen LogP contribution in [0.3, 0.4) is 0 Å². The molecule has 2 fully saturated rings. The van der Waals surface area contributed by atoms with Gasteiger partial charge in [-0.15, -0.1) is 0 Å². The van der Waals surface area contributed by atoms with Crippen LogP contribution in [0.2, 0.25) is 0 Å². The number of fused-ring (bicyclic) bond motifs is 1. The lowest BCUT2D eigenvalue weighted by Crippen LogP contribution is -2.51. The second-order valence-corrected chi connectivity index (χ2v) is 11.6.